The number of aliphatic imine (C=N–C) groups is 1. The summed E-state index contributed by atoms with van der Waals surface area (Å²) in [7, 11) is 1.85. The fourth-order valence-electron chi connectivity index (χ4n) is 3.85. The molecule has 1 aromatic carbocycles. The molecular weight excluding hydrogens is 531 g/mol. The molecule has 0 aliphatic carbocycles. The number of hydrogen-bond acceptors (Lipinski definition) is 4. The Morgan fingerprint density at radius 1 is 1.21 bits per heavy atom. The minimum atomic E-state index is 0. The number of guanidine groups is 1. The molecule has 0 saturated carbocycles. The molecule has 1 N–H and O–H groups in total. The lowest BCUT2D eigenvalue weighted by molar-refractivity contribution is -0.120. The molecule has 4 rings (SSSR count). The third kappa shape index (κ3) is 6.34. The van der Waals surface area contributed by atoms with Crippen molar-refractivity contribution in [3.8, 4) is 0 Å². The molecule has 10 heteroatoms. The van der Waals surface area contributed by atoms with Gasteiger partial charge in [-0.25, -0.2) is 4.98 Å². The van der Waals surface area contributed by atoms with Crippen LogP contribution in [-0.2, 0) is 24.8 Å². The number of anilines is 1. The second kappa shape index (κ2) is 11.8. The van der Waals surface area contributed by atoms with E-state index in [0.29, 0.717) is 19.6 Å². The van der Waals surface area contributed by atoms with E-state index in [1.807, 2.05) is 55.7 Å². The molecule has 1 saturated heterocycles. The van der Waals surface area contributed by atoms with E-state index in [2.05, 4.69) is 32.1 Å². The van der Waals surface area contributed by atoms with E-state index in [1.165, 1.54) is 5.56 Å². The highest BCUT2D eigenvalue weighted by molar-refractivity contribution is 14.0. The van der Waals surface area contributed by atoms with Gasteiger partial charge in [0.15, 0.2) is 5.96 Å². The fourth-order valence-corrected chi connectivity index (χ4v) is 3.85. The van der Waals surface area contributed by atoms with Crippen LogP contribution in [0.1, 0.15) is 18.3 Å². The Bertz CT molecular complexity index is 1060. The quantitative estimate of drug-likeness (QED) is 0.271. The van der Waals surface area contributed by atoms with E-state index in [4.69, 9.17) is 4.99 Å². The Labute approximate surface area is 211 Å². The zero-order chi connectivity index (χ0) is 22.3. The molecule has 0 spiro atoms. The highest BCUT2D eigenvalue weighted by atomic mass is 127. The van der Waals surface area contributed by atoms with E-state index in [-0.39, 0.29) is 29.9 Å². The van der Waals surface area contributed by atoms with Crippen LogP contribution in [0.25, 0.3) is 0 Å². The van der Waals surface area contributed by atoms with Crippen molar-refractivity contribution in [2.75, 3.05) is 37.6 Å². The number of halogens is 1. The van der Waals surface area contributed by atoms with Crippen molar-refractivity contribution in [2.24, 2.45) is 12.0 Å². The van der Waals surface area contributed by atoms with Crippen molar-refractivity contribution in [3.63, 3.8) is 0 Å². The molecule has 0 unspecified atom stereocenters. The van der Waals surface area contributed by atoms with Gasteiger partial charge < -0.3 is 19.7 Å². The summed E-state index contributed by atoms with van der Waals surface area (Å²) in [5.74, 6) is 1.83. The molecule has 1 amide bonds. The van der Waals surface area contributed by atoms with Gasteiger partial charge >= 0.3 is 0 Å². The molecule has 0 atom stereocenters. The van der Waals surface area contributed by atoms with Gasteiger partial charge in [-0.05, 0) is 12.5 Å². The van der Waals surface area contributed by atoms with E-state index in [1.54, 1.807) is 15.8 Å². The van der Waals surface area contributed by atoms with Crippen LogP contribution in [0.5, 0.6) is 0 Å². The molecule has 1 aliphatic heterocycles. The molecule has 1 fully saturated rings. The number of aromatic nitrogens is 4. The van der Waals surface area contributed by atoms with Crippen molar-refractivity contribution in [1.82, 2.24) is 29.5 Å². The maximum Gasteiger partial charge on any atom is 0.246 e. The zero-order valence-electron chi connectivity index (χ0n) is 19.1. The predicted molar refractivity (Wildman–Crippen MR) is 140 cm³/mol. The molecule has 2 aromatic heterocycles. The Kier molecular flexibility index (Phi) is 8.87. The van der Waals surface area contributed by atoms with E-state index in [9.17, 15) is 4.79 Å². The van der Waals surface area contributed by atoms with Gasteiger partial charge in [-0.3, -0.25) is 14.5 Å². The average Bonchev–Trinajstić information content (AvgIpc) is 3.42. The summed E-state index contributed by atoms with van der Waals surface area (Å²) in [6, 6.07) is 10.4. The van der Waals surface area contributed by atoms with E-state index in [0.717, 1.165) is 43.5 Å². The minimum Gasteiger partial charge on any atom is -0.357 e. The molecule has 9 nitrogen and oxygen atoms in total. The molecular formula is C23H31IN8O. The number of imidazole rings is 1. The van der Waals surface area contributed by atoms with Gasteiger partial charge in [0.25, 0.3) is 0 Å². The fraction of sp³-hybridized carbons (Fsp3) is 0.391. The largest absolute Gasteiger partial charge is 0.357 e. The third-order valence-corrected chi connectivity index (χ3v) is 5.45. The normalized spacial score (nSPS) is 14.4. The molecule has 3 heterocycles. The van der Waals surface area contributed by atoms with Crippen molar-refractivity contribution in [1.29, 1.82) is 0 Å². The van der Waals surface area contributed by atoms with Crippen molar-refractivity contribution in [3.05, 3.63) is 66.5 Å². The highest BCUT2D eigenvalue weighted by Crippen LogP contribution is 2.16. The third-order valence-electron chi connectivity index (χ3n) is 5.45. The molecule has 33 heavy (non-hydrogen) atoms. The van der Waals surface area contributed by atoms with E-state index < -0.39 is 0 Å². The van der Waals surface area contributed by atoms with Crippen LogP contribution < -0.4 is 10.2 Å². The maximum atomic E-state index is 12.8. The maximum absolute atomic E-state index is 12.8. The molecule has 3 aromatic rings. The van der Waals surface area contributed by atoms with Crippen LogP contribution in [0.4, 0.5) is 5.69 Å². The Morgan fingerprint density at radius 2 is 2.03 bits per heavy atom. The Hall–Kier alpha value is -2.89. The van der Waals surface area contributed by atoms with Crippen molar-refractivity contribution < 1.29 is 4.79 Å². The summed E-state index contributed by atoms with van der Waals surface area (Å²) in [5, 5.41) is 7.50. The number of nitrogens with one attached hydrogen (secondary N) is 1. The summed E-state index contributed by atoms with van der Waals surface area (Å²) in [6.07, 6.45) is 8.17. The van der Waals surface area contributed by atoms with Gasteiger partial charge in [-0.15, -0.1) is 24.0 Å². The zero-order valence-corrected chi connectivity index (χ0v) is 21.4. The monoisotopic (exact) mass is 562 g/mol. The lowest BCUT2D eigenvalue weighted by Crippen LogP contribution is -2.55. The SMILES string of the molecule is CCNC(=NCCc1nccn1Cc1ccccc1)N1CCN(c2cnn(C)c2)C(=O)C1.I. The Morgan fingerprint density at radius 3 is 2.73 bits per heavy atom. The smallest absolute Gasteiger partial charge is 0.246 e. The van der Waals surface area contributed by atoms with Crippen LogP contribution in [0.2, 0.25) is 0 Å². The van der Waals surface area contributed by atoms with Gasteiger partial charge in [-0.2, -0.15) is 5.10 Å². The van der Waals surface area contributed by atoms with Crippen molar-refractivity contribution in [2.45, 2.75) is 19.9 Å². The summed E-state index contributed by atoms with van der Waals surface area (Å²) >= 11 is 0. The van der Waals surface area contributed by atoms with Crippen LogP contribution in [0.3, 0.4) is 0 Å². The van der Waals surface area contributed by atoms with E-state index >= 15 is 0 Å². The number of nitrogens with zero attached hydrogens (tertiary/aromatic N) is 7. The summed E-state index contributed by atoms with van der Waals surface area (Å²) in [6.45, 7) is 5.80. The topological polar surface area (TPSA) is 83.6 Å². The number of carbonyl (C=O) groups is 1. The Balaban J connectivity index is 0.00000306. The van der Waals surface area contributed by atoms with Gasteiger partial charge in [0.2, 0.25) is 5.91 Å². The van der Waals surface area contributed by atoms with Gasteiger partial charge in [0, 0.05) is 64.8 Å². The van der Waals surface area contributed by atoms with Crippen LogP contribution in [0, 0.1) is 0 Å². The minimum absolute atomic E-state index is 0. The van der Waals surface area contributed by atoms with Crippen molar-refractivity contribution >= 4 is 41.5 Å². The molecule has 176 valence electrons. The number of rotatable bonds is 7. The van der Waals surface area contributed by atoms with Crippen LogP contribution in [0.15, 0.2) is 60.1 Å². The second-order valence-corrected chi connectivity index (χ2v) is 7.78. The average molecular weight is 562 g/mol. The molecule has 1 aliphatic rings. The summed E-state index contributed by atoms with van der Waals surface area (Å²) < 4.78 is 3.87. The number of piperazine rings is 1. The lowest BCUT2D eigenvalue weighted by atomic mass is 10.2. The summed E-state index contributed by atoms with van der Waals surface area (Å²) in [5.41, 5.74) is 2.08. The molecule has 0 bridgehead atoms. The molecule has 0 radical (unpaired) electrons. The standard InChI is InChI=1S/C23H30N8O.HI/c1-3-24-23(30-13-14-31(22(32)18-30)20-15-27-28(2)17-20)26-10-9-21-25-11-12-29(21)16-19-7-5-4-6-8-19;/h4-8,11-12,15,17H,3,9-10,13-14,16,18H2,1-2H3,(H,24,26);1H. The highest BCUT2D eigenvalue weighted by Gasteiger charge is 2.27. The first-order valence-corrected chi connectivity index (χ1v) is 11.0. The predicted octanol–water partition coefficient (Wildman–Crippen LogP) is 2.14. The first kappa shape index (κ1) is 24.7. The first-order valence-electron chi connectivity index (χ1n) is 11.0. The van der Waals surface area contributed by atoms with Crippen LogP contribution in [-0.4, -0.2) is 68.8 Å². The number of hydrogen-bond donors (Lipinski definition) is 1. The second-order valence-electron chi connectivity index (χ2n) is 7.78. The van der Waals surface area contributed by atoms with Crippen LogP contribution >= 0.6 is 24.0 Å². The van der Waals surface area contributed by atoms with Gasteiger partial charge in [0.1, 0.15) is 12.4 Å². The van der Waals surface area contributed by atoms with Gasteiger partial charge in [0.05, 0.1) is 11.9 Å². The number of carbonyl (C=O) groups excluding carboxylic acids is 1. The lowest BCUT2D eigenvalue weighted by Gasteiger charge is -2.35. The van der Waals surface area contributed by atoms with Gasteiger partial charge in [-0.1, -0.05) is 30.3 Å². The summed E-state index contributed by atoms with van der Waals surface area (Å²) in [4.78, 5) is 25.9. The number of amides is 1. The number of benzene rings is 1. The first-order chi connectivity index (χ1) is 15.6. The number of aryl methyl sites for hydroxylation is 1.